The molecular formula is C23H23ClN2O3. The first-order valence-electron chi connectivity index (χ1n) is 9.12. The minimum absolute atomic E-state index is 0.203. The van der Waals surface area contributed by atoms with E-state index in [0.29, 0.717) is 22.2 Å². The number of methoxy groups -OCH3 is 2. The smallest absolute Gasteiger partial charge is 0.251 e. The second-order valence-corrected chi connectivity index (χ2v) is 6.92. The molecule has 3 aromatic rings. The summed E-state index contributed by atoms with van der Waals surface area (Å²) in [5, 5.41) is 6.83. The number of amides is 1. The van der Waals surface area contributed by atoms with E-state index >= 15 is 0 Å². The van der Waals surface area contributed by atoms with Gasteiger partial charge in [0.25, 0.3) is 5.91 Å². The van der Waals surface area contributed by atoms with Crippen molar-refractivity contribution >= 4 is 28.9 Å². The van der Waals surface area contributed by atoms with Crippen LogP contribution in [0.4, 0.5) is 11.4 Å². The zero-order valence-corrected chi connectivity index (χ0v) is 17.3. The van der Waals surface area contributed by atoms with E-state index in [4.69, 9.17) is 21.1 Å². The lowest BCUT2D eigenvalue weighted by Crippen LogP contribution is -2.27. The third-order valence-electron chi connectivity index (χ3n) is 4.53. The van der Waals surface area contributed by atoms with Crippen LogP contribution in [0.15, 0.2) is 66.7 Å². The summed E-state index contributed by atoms with van der Waals surface area (Å²) in [6, 6.07) is 19.8. The summed E-state index contributed by atoms with van der Waals surface area (Å²) in [7, 11) is 3.15. The van der Waals surface area contributed by atoms with E-state index in [1.807, 2.05) is 55.5 Å². The number of carbonyl (C=O) groups is 1. The van der Waals surface area contributed by atoms with Gasteiger partial charge in [0.15, 0.2) is 11.5 Å². The molecule has 0 spiro atoms. The predicted octanol–water partition coefficient (Wildman–Crippen LogP) is 5.46. The molecule has 0 fully saturated rings. The standard InChI is InChI=1S/C23H23ClN2O3/c1-15-9-10-17(13-19(15)24)26-23(27)22(16-7-5-4-6-8-16)25-18-11-12-20(28-2)21(14-18)29-3/h4-14,22,25H,1-3H3,(H,26,27)/t22-/m1/s1. The summed E-state index contributed by atoms with van der Waals surface area (Å²) in [5.41, 5.74) is 3.15. The molecule has 3 aromatic carbocycles. The van der Waals surface area contributed by atoms with E-state index in [1.165, 1.54) is 0 Å². The predicted molar refractivity (Wildman–Crippen MR) is 117 cm³/mol. The Morgan fingerprint density at radius 1 is 0.897 bits per heavy atom. The molecule has 3 rings (SSSR count). The molecule has 0 bridgehead atoms. The van der Waals surface area contributed by atoms with E-state index in [9.17, 15) is 4.79 Å². The molecule has 0 saturated heterocycles. The maximum atomic E-state index is 13.1. The molecule has 0 aliphatic heterocycles. The first kappa shape index (κ1) is 20.6. The second-order valence-electron chi connectivity index (χ2n) is 6.51. The largest absolute Gasteiger partial charge is 0.493 e. The van der Waals surface area contributed by atoms with Gasteiger partial charge in [-0.25, -0.2) is 0 Å². The van der Waals surface area contributed by atoms with Crippen LogP contribution in [0.2, 0.25) is 5.02 Å². The molecule has 0 heterocycles. The summed E-state index contributed by atoms with van der Waals surface area (Å²) in [6.07, 6.45) is 0. The Labute approximate surface area is 175 Å². The molecule has 0 saturated carbocycles. The Kier molecular flexibility index (Phi) is 6.62. The van der Waals surface area contributed by atoms with Crippen molar-refractivity contribution in [2.45, 2.75) is 13.0 Å². The van der Waals surface area contributed by atoms with Gasteiger partial charge in [-0.3, -0.25) is 4.79 Å². The van der Waals surface area contributed by atoms with Crippen LogP contribution < -0.4 is 20.1 Å². The fourth-order valence-corrected chi connectivity index (χ4v) is 3.10. The average molecular weight is 411 g/mol. The molecule has 6 heteroatoms. The summed E-state index contributed by atoms with van der Waals surface area (Å²) >= 11 is 6.19. The van der Waals surface area contributed by atoms with Crippen LogP contribution in [-0.2, 0) is 4.79 Å². The Balaban J connectivity index is 1.89. The van der Waals surface area contributed by atoms with Crippen LogP contribution in [0.25, 0.3) is 0 Å². The highest BCUT2D eigenvalue weighted by atomic mass is 35.5. The Bertz CT molecular complexity index is 993. The number of halogens is 1. The van der Waals surface area contributed by atoms with Crippen LogP contribution in [0.1, 0.15) is 17.2 Å². The molecule has 0 aromatic heterocycles. The Morgan fingerprint density at radius 2 is 1.59 bits per heavy atom. The van der Waals surface area contributed by atoms with Gasteiger partial charge in [0, 0.05) is 22.5 Å². The number of anilines is 2. The molecule has 0 aliphatic carbocycles. The van der Waals surface area contributed by atoms with Crippen molar-refractivity contribution in [3.05, 3.63) is 82.9 Å². The molecule has 5 nitrogen and oxygen atoms in total. The van der Waals surface area contributed by atoms with Crippen LogP contribution in [0.5, 0.6) is 11.5 Å². The average Bonchev–Trinajstić information content (AvgIpc) is 2.75. The monoisotopic (exact) mass is 410 g/mol. The van der Waals surface area contributed by atoms with Crippen molar-refractivity contribution in [2.75, 3.05) is 24.9 Å². The highest BCUT2D eigenvalue weighted by Crippen LogP contribution is 2.32. The zero-order valence-electron chi connectivity index (χ0n) is 16.5. The van der Waals surface area contributed by atoms with Gasteiger partial charge in [-0.15, -0.1) is 0 Å². The number of carbonyl (C=O) groups excluding carboxylic acids is 1. The van der Waals surface area contributed by atoms with Crippen LogP contribution >= 0.6 is 11.6 Å². The van der Waals surface area contributed by atoms with E-state index in [2.05, 4.69) is 10.6 Å². The zero-order chi connectivity index (χ0) is 20.8. The van der Waals surface area contributed by atoms with E-state index in [1.54, 1.807) is 32.4 Å². The lowest BCUT2D eigenvalue weighted by molar-refractivity contribution is -0.117. The van der Waals surface area contributed by atoms with Crippen LogP contribution in [0, 0.1) is 6.92 Å². The summed E-state index contributed by atoms with van der Waals surface area (Å²) in [4.78, 5) is 13.1. The normalized spacial score (nSPS) is 11.4. The molecule has 0 radical (unpaired) electrons. The first-order chi connectivity index (χ1) is 14.0. The minimum Gasteiger partial charge on any atom is -0.493 e. The molecule has 150 valence electrons. The Morgan fingerprint density at radius 3 is 2.24 bits per heavy atom. The van der Waals surface area contributed by atoms with E-state index in [0.717, 1.165) is 16.8 Å². The quantitative estimate of drug-likeness (QED) is 0.543. The van der Waals surface area contributed by atoms with Gasteiger partial charge in [-0.1, -0.05) is 48.0 Å². The second kappa shape index (κ2) is 9.34. The number of hydrogen-bond acceptors (Lipinski definition) is 4. The first-order valence-corrected chi connectivity index (χ1v) is 9.50. The maximum absolute atomic E-state index is 13.1. The van der Waals surface area contributed by atoms with Crippen molar-refractivity contribution in [3.8, 4) is 11.5 Å². The number of rotatable bonds is 7. The number of aryl methyl sites for hydroxylation is 1. The van der Waals surface area contributed by atoms with Crippen molar-refractivity contribution < 1.29 is 14.3 Å². The number of hydrogen-bond donors (Lipinski definition) is 2. The van der Waals surface area contributed by atoms with Gasteiger partial charge >= 0.3 is 0 Å². The topological polar surface area (TPSA) is 59.6 Å². The molecule has 0 aliphatic rings. The third kappa shape index (κ3) is 5.00. The van der Waals surface area contributed by atoms with Crippen molar-refractivity contribution in [3.63, 3.8) is 0 Å². The fraction of sp³-hybridized carbons (Fsp3) is 0.174. The van der Waals surface area contributed by atoms with Gasteiger partial charge in [-0.05, 0) is 42.3 Å². The van der Waals surface area contributed by atoms with Gasteiger partial charge in [0.1, 0.15) is 6.04 Å². The number of ether oxygens (including phenoxy) is 2. The van der Waals surface area contributed by atoms with Gasteiger partial charge in [0.2, 0.25) is 0 Å². The summed E-state index contributed by atoms with van der Waals surface area (Å²) in [6.45, 7) is 1.92. The highest BCUT2D eigenvalue weighted by Gasteiger charge is 2.21. The third-order valence-corrected chi connectivity index (χ3v) is 4.94. The molecular weight excluding hydrogens is 388 g/mol. The molecule has 1 atom stereocenters. The van der Waals surface area contributed by atoms with Crippen LogP contribution in [0.3, 0.4) is 0 Å². The van der Waals surface area contributed by atoms with E-state index in [-0.39, 0.29) is 5.91 Å². The van der Waals surface area contributed by atoms with Crippen molar-refractivity contribution in [1.82, 2.24) is 0 Å². The fourth-order valence-electron chi connectivity index (χ4n) is 2.92. The van der Waals surface area contributed by atoms with Crippen molar-refractivity contribution in [1.29, 1.82) is 0 Å². The molecule has 1 amide bonds. The molecule has 29 heavy (non-hydrogen) atoms. The maximum Gasteiger partial charge on any atom is 0.251 e. The van der Waals surface area contributed by atoms with Crippen LogP contribution in [-0.4, -0.2) is 20.1 Å². The number of benzene rings is 3. The minimum atomic E-state index is -0.616. The van der Waals surface area contributed by atoms with Gasteiger partial charge in [0.05, 0.1) is 14.2 Å². The Hall–Kier alpha value is -3.18. The lowest BCUT2D eigenvalue weighted by Gasteiger charge is -2.21. The van der Waals surface area contributed by atoms with Gasteiger partial charge < -0.3 is 20.1 Å². The lowest BCUT2D eigenvalue weighted by atomic mass is 10.1. The summed E-state index contributed by atoms with van der Waals surface area (Å²) < 4.78 is 10.6. The molecule has 2 N–H and O–H groups in total. The number of nitrogens with one attached hydrogen (secondary N) is 2. The molecule has 0 unspecified atom stereocenters. The summed E-state index contributed by atoms with van der Waals surface area (Å²) in [5.74, 6) is 0.994. The van der Waals surface area contributed by atoms with E-state index < -0.39 is 6.04 Å². The highest BCUT2D eigenvalue weighted by molar-refractivity contribution is 6.31. The van der Waals surface area contributed by atoms with Gasteiger partial charge in [-0.2, -0.15) is 0 Å². The SMILES string of the molecule is COc1ccc(N[C@@H](C(=O)Nc2ccc(C)c(Cl)c2)c2ccccc2)cc1OC. The van der Waals surface area contributed by atoms with Crippen molar-refractivity contribution in [2.24, 2.45) is 0 Å².